The molecule has 0 aliphatic carbocycles. The number of ether oxygens (including phenoxy) is 2. The molecule has 4 aromatic carbocycles. The number of amides is 2. The van der Waals surface area contributed by atoms with Crippen LogP contribution in [-0.4, -0.2) is 58.5 Å². The molecule has 1 N–H and O–H groups in total. The van der Waals surface area contributed by atoms with Gasteiger partial charge in [-0.05, 0) is 48.9 Å². The Labute approximate surface area is 279 Å². The van der Waals surface area contributed by atoms with Crippen LogP contribution in [0, 0.1) is 0 Å². The molecule has 0 saturated heterocycles. The summed E-state index contributed by atoms with van der Waals surface area (Å²) in [4.78, 5) is 29.5. The quantitative estimate of drug-likeness (QED) is 0.175. The van der Waals surface area contributed by atoms with E-state index in [-0.39, 0.29) is 29.3 Å². The largest absolute Gasteiger partial charge is 0.493 e. The Hall–Kier alpha value is -4.25. The van der Waals surface area contributed by atoms with E-state index in [9.17, 15) is 18.0 Å². The van der Waals surface area contributed by atoms with Crippen LogP contribution in [0.5, 0.6) is 11.5 Å². The number of carbonyl (C=O) groups excluding carboxylic acids is 2. The zero-order chi connectivity index (χ0) is 33.3. The van der Waals surface area contributed by atoms with Gasteiger partial charge < -0.3 is 19.7 Å². The molecule has 0 aromatic heterocycles. The molecule has 4 aromatic rings. The average Bonchev–Trinajstić information content (AvgIpc) is 3.06. The summed E-state index contributed by atoms with van der Waals surface area (Å²) in [5, 5.41) is 3.42. The second kappa shape index (κ2) is 15.8. The number of carbonyl (C=O) groups is 2. The van der Waals surface area contributed by atoms with Crippen molar-refractivity contribution in [2.75, 3.05) is 31.6 Å². The zero-order valence-electron chi connectivity index (χ0n) is 25.7. The van der Waals surface area contributed by atoms with E-state index in [1.807, 2.05) is 30.3 Å². The number of sulfonamides is 1. The highest BCUT2D eigenvalue weighted by molar-refractivity contribution is 7.92. The minimum Gasteiger partial charge on any atom is -0.493 e. The molecule has 9 nitrogen and oxygen atoms in total. The Bertz CT molecular complexity index is 1740. The molecule has 0 aliphatic rings. The second-order valence-electron chi connectivity index (χ2n) is 10.2. The van der Waals surface area contributed by atoms with Crippen LogP contribution in [0.1, 0.15) is 18.1 Å². The summed E-state index contributed by atoms with van der Waals surface area (Å²) < 4.78 is 40.1. The summed E-state index contributed by atoms with van der Waals surface area (Å²) in [5.41, 5.74) is 1.38. The number of rotatable bonds is 14. The third-order valence-corrected chi connectivity index (χ3v) is 9.77. The molecule has 1 atom stereocenters. The Balaban J connectivity index is 1.86. The predicted octanol–water partition coefficient (Wildman–Crippen LogP) is 5.98. The number of hydrogen-bond acceptors (Lipinski definition) is 6. The Morgan fingerprint density at radius 2 is 1.43 bits per heavy atom. The molecule has 2 amide bonds. The molecule has 0 aliphatic heterocycles. The van der Waals surface area contributed by atoms with Crippen molar-refractivity contribution in [2.24, 2.45) is 0 Å². The van der Waals surface area contributed by atoms with Crippen LogP contribution in [-0.2, 0) is 32.6 Å². The molecular formula is C34H35Cl2N3O6S. The van der Waals surface area contributed by atoms with E-state index in [0.717, 1.165) is 9.87 Å². The molecule has 0 saturated carbocycles. The number of anilines is 1. The molecule has 242 valence electrons. The molecule has 12 heteroatoms. The van der Waals surface area contributed by atoms with E-state index in [4.69, 9.17) is 32.7 Å². The highest BCUT2D eigenvalue weighted by Crippen LogP contribution is 2.34. The Morgan fingerprint density at radius 3 is 2.02 bits per heavy atom. The van der Waals surface area contributed by atoms with Crippen LogP contribution >= 0.6 is 23.2 Å². The van der Waals surface area contributed by atoms with E-state index in [1.165, 1.54) is 43.4 Å². The van der Waals surface area contributed by atoms with Crippen molar-refractivity contribution < 1.29 is 27.5 Å². The summed E-state index contributed by atoms with van der Waals surface area (Å²) in [6.45, 7) is 1.29. The van der Waals surface area contributed by atoms with Crippen LogP contribution in [0.25, 0.3) is 0 Å². The first-order valence-corrected chi connectivity index (χ1v) is 16.6. The van der Waals surface area contributed by atoms with Crippen molar-refractivity contribution >= 4 is 50.7 Å². The van der Waals surface area contributed by atoms with Gasteiger partial charge in [-0.3, -0.25) is 13.9 Å². The normalized spacial score (nSPS) is 11.8. The Morgan fingerprint density at radius 1 is 0.826 bits per heavy atom. The standard InChI is InChI=1S/C34H35Cl2N3O6S/c1-4-37-34(41)30(20-24-12-7-5-8-13-24)38(22-27-28(35)16-11-17-29(27)36)33(40)23-39(46(42,43)26-14-9-6-10-15-26)25-18-19-31(44-2)32(21-25)45-3/h5-19,21,30H,4,20,22-23H2,1-3H3,(H,37,41)/t30-/m0/s1. The molecular weight excluding hydrogens is 649 g/mol. The first-order valence-electron chi connectivity index (χ1n) is 14.4. The molecule has 0 fully saturated rings. The number of hydrogen-bond donors (Lipinski definition) is 1. The monoisotopic (exact) mass is 683 g/mol. The summed E-state index contributed by atoms with van der Waals surface area (Å²) in [6.07, 6.45) is 0.155. The molecule has 0 bridgehead atoms. The summed E-state index contributed by atoms with van der Waals surface area (Å²) in [5.74, 6) is -0.419. The predicted molar refractivity (Wildman–Crippen MR) is 180 cm³/mol. The maximum atomic E-state index is 14.5. The van der Waals surface area contributed by atoms with Gasteiger partial charge in [0.15, 0.2) is 11.5 Å². The second-order valence-corrected chi connectivity index (χ2v) is 12.9. The molecule has 0 heterocycles. The van der Waals surface area contributed by atoms with Crippen LogP contribution in [0.2, 0.25) is 10.0 Å². The number of methoxy groups -OCH3 is 2. The lowest BCUT2D eigenvalue weighted by molar-refractivity contribution is -0.140. The van der Waals surface area contributed by atoms with Crippen molar-refractivity contribution in [3.05, 3.63) is 118 Å². The lowest BCUT2D eigenvalue weighted by Crippen LogP contribution is -2.53. The van der Waals surface area contributed by atoms with Crippen LogP contribution in [0.15, 0.2) is 102 Å². The smallest absolute Gasteiger partial charge is 0.264 e. The summed E-state index contributed by atoms with van der Waals surface area (Å²) in [7, 11) is -1.40. The van der Waals surface area contributed by atoms with Gasteiger partial charge in [0.1, 0.15) is 12.6 Å². The highest BCUT2D eigenvalue weighted by atomic mass is 35.5. The molecule has 0 radical (unpaired) electrons. The van der Waals surface area contributed by atoms with Crippen LogP contribution in [0.3, 0.4) is 0 Å². The third-order valence-electron chi connectivity index (χ3n) is 7.28. The van der Waals surface area contributed by atoms with E-state index >= 15 is 0 Å². The van der Waals surface area contributed by atoms with Crippen molar-refractivity contribution in [1.29, 1.82) is 0 Å². The van der Waals surface area contributed by atoms with Crippen molar-refractivity contribution in [1.82, 2.24) is 10.2 Å². The first kappa shape index (κ1) is 34.6. The maximum Gasteiger partial charge on any atom is 0.264 e. The first-order chi connectivity index (χ1) is 22.1. The summed E-state index contributed by atoms with van der Waals surface area (Å²) in [6, 6.07) is 25.5. The number of benzene rings is 4. The Kier molecular flexibility index (Phi) is 11.9. The average molecular weight is 685 g/mol. The highest BCUT2D eigenvalue weighted by Gasteiger charge is 2.35. The van der Waals surface area contributed by atoms with Gasteiger partial charge in [0.25, 0.3) is 10.0 Å². The molecule has 46 heavy (non-hydrogen) atoms. The van der Waals surface area contributed by atoms with Crippen LogP contribution < -0.4 is 19.1 Å². The van der Waals surface area contributed by atoms with Gasteiger partial charge >= 0.3 is 0 Å². The van der Waals surface area contributed by atoms with Crippen molar-refractivity contribution in [3.63, 3.8) is 0 Å². The molecule has 0 spiro atoms. The number of likely N-dealkylation sites (N-methyl/N-ethyl adjacent to an activating group) is 1. The van der Waals surface area contributed by atoms with Gasteiger partial charge in [0.05, 0.1) is 24.8 Å². The maximum absolute atomic E-state index is 14.5. The topological polar surface area (TPSA) is 105 Å². The van der Waals surface area contributed by atoms with E-state index < -0.39 is 34.4 Å². The van der Waals surface area contributed by atoms with Gasteiger partial charge in [-0.25, -0.2) is 8.42 Å². The van der Waals surface area contributed by atoms with Crippen LogP contribution in [0.4, 0.5) is 5.69 Å². The van der Waals surface area contributed by atoms with E-state index in [1.54, 1.807) is 49.4 Å². The number of halogens is 2. The van der Waals surface area contributed by atoms with Gasteiger partial charge in [0, 0.05) is 41.2 Å². The number of nitrogens with zero attached hydrogens (tertiary/aromatic N) is 2. The number of nitrogens with one attached hydrogen (secondary N) is 1. The van der Waals surface area contributed by atoms with Gasteiger partial charge in [0.2, 0.25) is 11.8 Å². The van der Waals surface area contributed by atoms with Crippen molar-refractivity contribution in [3.8, 4) is 11.5 Å². The third kappa shape index (κ3) is 8.12. The fourth-order valence-corrected chi connectivity index (χ4v) is 6.87. The minimum atomic E-state index is -4.29. The van der Waals surface area contributed by atoms with Gasteiger partial charge in [-0.2, -0.15) is 0 Å². The van der Waals surface area contributed by atoms with E-state index in [2.05, 4.69) is 5.32 Å². The lowest BCUT2D eigenvalue weighted by atomic mass is 10.0. The fraction of sp³-hybridized carbons (Fsp3) is 0.235. The minimum absolute atomic E-state index is 0.0251. The summed E-state index contributed by atoms with van der Waals surface area (Å²) >= 11 is 13.1. The molecule has 4 rings (SSSR count). The SMILES string of the molecule is CCNC(=O)[C@H](Cc1ccccc1)N(Cc1c(Cl)cccc1Cl)C(=O)CN(c1ccc(OC)c(OC)c1)S(=O)(=O)c1ccccc1. The van der Waals surface area contributed by atoms with Gasteiger partial charge in [-0.15, -0.1) is 0 Å². The molecule has 0 unspecified atom stereocenters. The van der Waals surface area contributed by atoms with Crippen molar-refractivity contribution in [2.45, 2.75) is 30.8 Å². The lowest BCUT2D eigenvalue weighted by Gasteiger charge is -2.34. The zero-order valence-corrected chi connectivity index (χ0v) is 28.0. The fourth-order valence-electron chi connectivity index (χ4n) is 4.93. The van der Waals surface area contributed by atoms with E-state index in [0.29, 0.717) is 27.9 Å². The van der Waals surface area contributed by atoms with Gasteiger partial charge in [-0.1, -0.05) is 77.8 Å².